The summed E-state index contributed by atoms with van der Waals surface area (Å²) in [4.78, 5) is 3.98. The van der Waals surface area contributed by atoms with E-state index >= 15 is 0 Å². The molecule has 0 aliphatic carbocycles. The van der Waals surface area contributed by atoms with E-state index in [1.54, 1.807) is 23.9 Å². The number of nitrogens with one attached hydrogen (secondary N) is 2. The van der Waals surface area contributed by atoms with Crippen LogP contribution in [0.15, 0.2) is 23.4 Å². The van der Waals surface area contributed by atoms with Gasteiger partial charge in [-0.15, -0.1) is 0 Å². The quantitative estimate of drug-likeness (QED) is 0.768. The average molecular weight is 303 g/mol. The number of rotatable bonds is 8. The molecule has 5 nitrogen and oxygen atoms in total. The zero-order valence-corrected chi connectivity index (χ0v) is 13.1. The van der Waals surface area contributed by atoms with E-state index < -0.39 is 10.0 Å². The molecule has 1 heterocycles. The lowest BCUT2D eigenvalue weighted by molar-refractivity contribution is 0.554. The van der Waals surface area contributed by atoms with Gasteiger partial charge in [0.1, 0.15) is 0 Å². The Morgan fingerprint density at radius 1 is 1.47 bits per heavy atom. The Kier molecular flexibility index (Phi) is 6.60. The molecule has 0 aromatic carbocycles. The molecule has 1 atom stereocenters. The summed E-state index contributed by atoms with van der Waals surface area (Å²) >= 11 is 1.70. The molecule has 0 aliphatic rings. The highest BCUT2D eigenvalue weighted by molar-refractivity contribution is 7.98. The highest BCUT2D eigenvalue weighted by atomic mass is 32.2. The molecule has 19 heavy (non-hydrogen) atoms. The van der Waals surface area contributed by atoms with E-state index in [2.05, 4.69) is 15.0 Å². The lowest BCUT2D eigenvalue weighted by Gasteiger charge is -2.15. The molecule has 2 N–H and O–H groups in total. The van der Waals surface area contributed by atoms with Crippen LogP contribution in [0.1, 0.15) is 20.3 Å². The number of pyridine rings is 1. The van der Waals surface area contributed by atoms with Gasteiger partial charge in [0.15, 0.2) is 5.03 Å². The number of sulfonamides is 1. The minimum atomic E-state index is -3.58. The minimum Gasteiger partial charge on any atom is -0.383 e. The van der Waals surface area contributed by atoms with Crippen molar-refractivity contribution in [3.63, 3.8) is 0 Å². The zero-order chi connectivity index (χ0) is 14.3. The van der Waals surface area contributed by atoms with Gasteiger partial charge >= 0.3 is 0 Å². The van der Waals surface area contributed by atoms with Gasteiger partial charge in [-0.1, -0.05) is 0 Å². The summed E-state index contributed by atoms with van der Waals surface area (Å²) < 4.78 is 27.2. The molecule has 0 amide bonds. The molecule has 108 valence electrons. The standard InChI is InChI=1S/C12H21N3O2S2/c1-4-13-11-6-5-8-14-12(11)19(16,17)15-10(2)7-9-18-3/h5-6,8,10,13,15H,4,7,9H2,1-3H3. The highest BCUT2D eigenvalue weighted by Crippen LogP contribution is 2.18. The fourth-order valence-electron chi connectivity index (χ4n) is 1.60. The first-order valence-electron chi connectivity index (χ1n) is 6.21. The predicted molar refractivity (Wildman–Crippen MR) is 81.2 cm³/mol. The third-order valence-electron chi connectivity index (χ3n) is 2.50. The molecule has 0 spiro atoms. The van der Waals surface area contributed by atoms with Crippen molar-refractivity contribution in [3.05, 3.63) is 18.3 Å². The molecule has 0 fully saturated rings. The van der Waals surface area contributed by atoms with Crippen LogP contribution >= 0.6 is 11.8 Å². The fraction of sp³-hybridized carbons (Fsp3) is 0.583. The Hall–Kier alpha value is -0.790. The summed E-state index contributed by atoms with van der Waals surface area (Å²) in [5.74, 6) is 0.923. The van der Waals surface area contributed by atoms with Crippen molar-refractivity contribution in [1.82, 2.24) is 9.71 Å². The lowest BCUT2D eigenvalue weighted by atomic mass is 10.3. The van der Waals surface area contributed by atoms with Gasteiger partial charge < -0.3 is 5.32 Å². The normalized spacial score (nSPS) is 13.2. The fourth-order valence-corrected chi connectivity index (χ4v) is 3.58. The first-order valence-corrected chi connectivity index (χ1v) is 9.09. The lowest BCUT2D eigenvalue weighted by Crippen LogP contribution is -2.34. The van der Waals surface area contributed by atoms with Crippen LogP contribution in [-0.4, -0.2) is 38.0 Å². The van der Waals surface area contributed by atoms with Gasteiger partial charge in [0.05, 0.1) is 5.69 Å². The molecule has 7 heteroatoms. The van der Waals surface area contributed by atoms with Crippen molar-refractivity contribution in [3.8, 4) is 0 Å². The van der Waals surface area contributed by atoms with Crippen molar-refractivity contribution in [2.45, 2.75) is 31.3 Å². The van der Waals surface area contributed by atoms with Crippen LogP contribution in [0.4, 0.5) is 5.69 Å². The summed E-state index contributed by atoms with van der Waals surface area (Å²) in [5, 5.41) is 3.08. The van der Waals surface area contributed by atoms with E-state index in [9.17, 15) is 8.42 Å². The summed E-state index contributed by atoms with van der Waals surface area (Å²) in [6, 6.07) is 3.33. The first-order chi connectivity index (χ1) is 9.01. The topological polar surface area (TPSA) is 71.1 Å². The Bertz CT molecular complexity index is 492. The number of thioether (sulfide) groups is 1. The third-order valence-corrected chi connectivity index (χ3v) is 4.70. The molecule has 1 aromatic rings. The van der Waals surface area contributed by atoms with Crippen LogP contribution in [-0.2, 0) is 10.0 Å². The summed E-state index contributed by atoms with van der Waals surface area (Å²) in [7, 11) is -3.58. The maximum absolute atomic E-state index is 12.3. The summed E-state index contributed by atoms with van der Waals surface area (Å²) in [5.41, 5.74) is 0.537. The van der Waals surface area contributed by atoms with E-state index in [1.165, 1.54) is 6.20 Å². The average Bonchev–Trinajstić information content (AvgIpc) is 2.37. The number of hydrogen-bond acceptors (Lipinski definition) is 5. The van der Waals surface area contributed by atoms with Crippen molar-refractivity contribution in [1.29, 1.82) is 0 Å². The Balaban J connectivity index is 2.88. The molecule has 0 radical (unpaired) electrons. The number of hydrogen-bond donors (Lipinski definition) is 2. The summed E-state index contributed by atoms with van der Waals surface area (Å²) in [6.45, 7) is 4.43. The first kappa shape index (κ1) is 16.3. The van der Waals surface area contributed by atoms with E-state index in [0.717, 1.165) is 12.2 Å². The maximum Gasteiger partial charge on any atom is 0.260 e. The van der Waals surface area contributed by atoms with Crippen molar-refractivity contribution in [2.75, 3.05) is 23.9 Å². The van der Waals surface area contributed by atoms with Gasteiger partial charge in [-0.25, -0.2) is 18.1 Å². The van der Waals surface area contributed by atoms with Gasteiger partial charge in [0, 0.05) is 18.8 Å². The molecule has 0 saturated heterocycles. The summed E-state index contributed by atoms with van der Waals surface area (Å²) in [6.07, 6.45) is 4.29. The molecule has 0 aliphatic heterocycles. The van der Waals surface area contributed by atoms with Gasteiger partial charge in [-0.05, 0) is 44.4 Å². The van der Waals surface area contributed by atoms with Crippen molar-refractivity contribution >= 4 is 27.5 Å². The smallest absolute Gasteiger partial charge is 0.260 e. The monoisotopic (exact) mass is 303 g/mol. The second-order valence-electron chi connectivity index (χ2n) is 4.19. The van der Waals surface area contributed by atoms with E-state index in [-0.39, 0.29) is 11.1 Å². The molecule has 0 saturated carbocycles. The molecular weight excluding hydrogens is 282 g/mol. The van der Waals surface area contributed by atoms with E-state index in [4.69, 9.17) is 0 Å². The maximum atomic E-state index is 12.3. The largest absolute Gasteiger partial charge is 0.383 e. The molecule has 0 bridgehead atoms. The zero-order valence-electron chi connectivity index (χ0n) is 11.5. The van der Waals surface area contributed by atoms with Gasteiger partial charge in [-0.2, -0.15) is 11.8 Å². The van der Waals surface area contributed by atoms with Crippen LogP contribution in [0, 0.1) is 0 Å². The van der Waals surface area contributed by atoms with E-state index in [1.807, 2.05) is 20.1 Å². The van der Waals surface area contributed by atoms with E-state index in [0.29, 0.717) is 12.2 Å². The second-order valence-corrected chi connectivity index (χ2v) is 6.81. The number of aromatic nitrogens is 1. The molecule has 1 aromatic heterocycles. The van der Waals surface area contributed by atoms with Crippen LogP contribution < -0.4 is 10.0 Å². The van der Waals surface area contributed by atoms with Crippen LogP contribution in [0.2, 0.25) is 0 Å². The van der Waals surface area contributed by atoms with Gasteiger partial charge in [0.25, 0.3) is 10.0 Å². The number of nitrogens with zero attached hydrogens (tertiary/aromatic N) is 1. The molecular formula is C12H21N3O2S2. The number of anilines is 1. The van der Waals surface area contributed by atoms with Gasteiger partial charge in [-0.3, -0.25) is 0 Å². The Morgan fingerprint density at radius 2 is 2.21 bits per heavy atom. The highest BCUT2D eigenvalue weighted by Gasteiger charge is 2.21. The van der Waals surface area contributed by atoms with Gasteiger partial charge in [0.2, 0.25) is 0 Å². The Labute approximate surface area is 119 Å². The third kappa shape index (κ3) is 5.00. The SMILES string of the molecule is CCNc1cccnc1S(=O)(=O)NC(C)CCSC. The predicted octanol–water partition coefficient (Wildman–Crippen LogP) is 1.93. The Morgan fingerprint density at radius 3 is 2.84 bits per heavy atom. The minimum absolute atomic E-state index is 0.0628. The van der Waals surface area contributed by atoms with Crippen molar-refractivity contribution in [2.24, 2.45) is 0 Å². The van der Waals surface area contributed by atoms with Crippen LogP contribution in [0.5, 0.6) is 0 Å². The van der Waals surface area contributed by atoms with Crippen LogP contribution in [0.3, 0.4) is 0 Å². The molecule has 1 unspecified atom stereocenters. The second kappa shape index (κ2) is 7.72. The molecule has 1 rings (SSSR count). The van der Waals surface area contributed by atoms with Crippen LogP contribution in [0.25, 0.3) is 0 Å². The van der Waals surface area contributed by atoms with Crippen molar-refractivity contribution < 1.29 is 8.42 Å².